The van der Waals surface area contributed by atoms with E-state index < -0.39 is 0 Å². The average Bonchev–Trinajstić information content (AvgIpc) is 3.16. The van der Waals surface area contributed by atoms with E-state index >= 15 is 0 Å². The third-order valence-electron chi connectivity index (χ3n) is 4.86. The predicted molar refractivity (Wildman–Crippen MR) is 110 cm³/mol. The largest absolute Gasteiger partial charge is 0.256 e. The van der Waals surface area contributed by atoms with Crippen molar-refractivity contribution in [2.24, 2.45) is 0 Å². The summed E-state index contributed by atoms with van der Waals surface area (Å²) in [5.74, 6) is 0.776. The monoisotopic (exact) mass is 376 g/mol. The number of hydrogen-bond donors (Lipinski definition) is 0. The van der Waals surface area contributed by atoms with Gasteiger partial charge in [0.1, 0.15) is 0 Å². The molecule has 6 heteroatoms. The van der Waals surface area contributed by atoms with Gasteiger partial charge in [-0.25, -0.2) is 0 Å². The minimum atomic E-state index is 0.380. The number of nitriles is 1. The minimum Gasteiger partial charge on any atom is -0.256 e. The second kappa shape index (κ2) is 7.13. The first kappa shape index (κ1) is 17.0. The van der Waals surface area contributed by atoms with E-state index in [4.69, 9.17) is 10.4 Å². The summed E-state index contributed by atoms with van der Waals surface area (Å²) in [4.78, 5) is 4.37. The molecule has 0 aliphatic rings. The molecule has 0 unspecified atom stereocenters. The van der Waals surface area contributed by atoms with E-state index in [1.54, 1.807) is 10.7 Å². The SMILES string of the molecule is N#CCc1cccc(-c2ccc3nnc(Cc4ccc5ncccc5c4)n3n2)c1. The highest BCUT2D eigenvalue weighted by Crippen LogP contribution is 2.20. The van der Waals surface area contributed by atoms with Crippen molar-refractivity contribution in [2.45, 2.75) is 12.8 Å². The summed E-state index contributed by atoms with van der Waals surface area (Å²) in [6.07, 6.45) is 2.80. The molecule has 6 nitrogen and oxygen atoms in total. The van der Waals surface area contributed by atoms with Crippen LogP contribution >= 0.6 is 0 Å². The van der Waals surface area contributed by atoms with Crippen molar-refractivity contribution in [3.05, 3.63) is 89.9 Å². The Hall–Kier alpha value is -4.11. The molecule has 3 heterocycles. The first-order valence-corrected chi connectivity index (χ1v) is 9.31. The molecule has 0 aliphatic carbocycles. The quantitative estimate of drug-likeness (QED) is 0.474. The molecule has 5 aromatic rings. The van der Waals surface area contributed by atoms with Crippen LogP contribution in [0.3, 0.4) is 0 Å². The van der Waals surface area contributed by atoms with Gasteiger partial charge in [0.25, 0.3) is 0 Å². The Balaban J connectivity index is 1.52. The summed E-state index contributed by atoms with van der Waals surface area (Å²) >= 11 is 0. The lowest BCUT2D eigenvalue weighted by molar-refractivity contribution is 0.842. The van der Waals surface area contributed by atoms with Crippen molar-refractivity contribution in [1.82, 2.24) is 24.8 Å². The van der Waals surface area contributed by atoms with Gasteiger partial charge in [0.15, 0.2) is 11.5 Å². The van der Waals surface area contributed by atoms with Gasteiger partial charge in [-0.1, -0.05) is 30.3 Å². The fourth-order valence-corrected chi connectivity index (χ4v) is 3.45. The smallest absolute Gasteiger partial charge is 0.177 e. The van der Waals surface area contributed by atoms with Gasteiger partial charge in [-0.2, -0.15) is 14.9 Å². The van der Waals surface area contributed by atoms with Crippen LogP contribution in [0.25, 0.3) is 27.8 Å². The molecule has 3 aromatic heterocycles. The van der Waals surface area contributed by atoms with Crippen molar-refractivity contribution in [1.29, 1.82) is 5.26 Å². The van der Waals surface area contributed by atoms with Gasteiger partial charge >= 0.3 is 0 Å². The van der Waals surface area contributed by atoms with E-state index in [2.05, 4.69) is 39.4 Å². The number of hydrogen-bond acceptors (Lipinski definition) is 5. The molecule has 0 spiro atoms. The molecule has 2 aromatic carbocycles. The van der Waals surface area contributed by atoms with Crippen LogP contribution in [0.2, 0.25) is 0 Å². The van der Waals surface area contributed by atoms with Gasteiger partial charge in [-0.15, -0.1) is 10.2 Å². The van der Waals surface area contributed by atoms with Crippen LogP contribution in [-0.2, 0) is 12.8 Å². The first-order valence-electron chi connectivity index (χ1n) is 9.31. The zero-order chi connectivity index (χ0) is 19.6. The number of benzene rings is 2. The minimum absolute atomic E-state index is 0.380. The molecular weight excluding hydrogens is 360 g/mol. The lowest BCUT2D eigenvalue weighted by Gasteiger charge is -2.05. The Kier molecular flexibility index (Phi) is 4.19. The predicted octanol–water partition coefficient (Wildman–Crippen LogP) is 4.00. The van der Waals surface area contributed by atoms with Crippen LogP contribution in [0, 0.1) is 11.3 Å². The Labute approximate surface area is 167 Å². The topological polar surface area (TPSA) is 79.8 Å². The van der Waals surface area contributed by atoms with Crippen molar-refractivity contribution in [3.8, 4) is 17.3 Å². The van der Waals surface area contributed by atoms with E-state index in [1.807, 2.05) is 48.5 Å². The Morgan fingerprint density at radius 1 is 0.897 bits per heavy atom. The molecule has 0 N–H and O–H groups in total. The summed E-state index contributed by atoms with van der Waals surface area (Å²) < 4.78 is 1.79. The van der Waals surface area contributed by atoms with Crippen molar-refractivity contribution in [2.75, 3.05) is 0 Å². The fourth-order valence-electron chi connectivity index (χ4n) is 3.45. The number of rotatable bonds is 4. The molecule has 138 valence electrons. The van der Waals surface area contributed by atoms with Gasteiger partial charge < -0.3 is 0 Å². The highest BCUT2D eigenvalue weighted by atomic mass is 15.4. The van der Waals surface area contributed by atoms with Crippen molar-refractivity contribution >= 4 is 16.6 Å². The normalized spacial score (nSPS) is 11.0. The lowest BCUT2D eigenvalue weighted by atomic mass is 10.1. The van der Waals surface area contributed by atoms with Crippen molar-refractivity contribution < 1.29 is 0 Å². The van der Waals surface area contributed by atoms with Crippen LogP contribution < -0.4 is 0 Å². The zero-order valence-corrected chi connectivity index (χ0v) is 15.5. The van der Waals surface area contributed by atoms with Crippen LogP contribution in [0.1, 0.15) is 17.0 Å². The Morgan fingerprint density at radius 2 is 1.86 bits per heavy atom. The average molecular weight is 376 g/mol. The van der Waals surface area contributed by atoms with Gasteiger partial charge in [-0.05, 0) is 47.5 Å². The second-order valence-electron chi connectivity index (χ2n) is 6.85. The molecule has 5 rings (SSSR count). The maximum Gasteiger partial charge on any atom is 0.177 e. The highest BCUT2D eigenvalue weighted by Gasteiger charge is 2.10. The zero-order valence-electron chi connectivity index (χ0n) is 15.5. The van der Waals surface area contributed by atoms with Gasteiger partial charge in [0, 0.05) is 23.6 Å². The van der Waals surface area contributed by atoms with E-state index in [-0.39, 0.29) is 0 Å². The van der Waals surface area contributed by atoms with Gasteiger partial charge in [0.2, 0.25) is 0 Å². The summed E-state index contributed by atoms with van der Waals surface area (Å²) in [5.41, 5.74) is 5.57. The van der Waals surface area contributed by atoms with Crippen LogP contribution in [-0.4, -0.2) is 24.8 Å². The fraction of sp³-hybridized carbons (Fsp3) is 0.0870. The Morgan fingerprint density at radius 3 is 2.79 bits per heavy atom. The van der Waals surface area contributed by atoms with Gasteiger partial charge in [-0.3, -0.25) is 4.98 Å². The molecule has 0 bridgehead atoms. The molecule has 0 atom stereocenters. The molecule has 0 aliphatic heterocycles. The van der Waals surface area contributed by atoms with Crippen LogP contribution in [0.4, 0.5) is 0 Å². The van der Waals surface area contributed by atoms with Gasteiger partial charge in [0.05, 0.1) is 23.7 Å². The standard InChI is InChI=1S/C23H16N6/c24-11-10-16-3-1-4-19(13-16)21-8-9-22-26-27-23(29(22)28-21)15-17-6-7-20-18(14-17)5-2-12-25-20/h1-9,12-14H,10,15H2. The maximum atomic E-state index is 8.95. The summed E-state index contributed by atoms with van der Waals surface area (Å²) in [6.45, 7) is 0. The molecular formula is C23H16N6. The van der Waals surface area contributed by atoms with Crippen LogP contribution in [0.15, 0.2) is 72.9 Å². The lowest BCUT2D eigenvalue weighted by Crippen LogP contribution is -2.01. The molecule has 0 saturated heterocycles. The van der Waals surface area contributed by atoms with E-state index in [1.165, 1.54) is 0 Å². The number of pyridine rings is 1. The van der Waals surface area contributed by atoms with E-state index in [0.29, 0.717) is 18.5 Å². The molecule has 0 saturated carbocycles. The maximum absolute atomic E-state index is 8.95. The van der Waals surface area contributed by atoms with Crippen LogP contribution in [0.5, 0.6) is 0 Å². The molecule has 0 amide bonds. The highest BCUT2D eigenvalue weighted by molar-refractivity contribution is 5.79. The number of aromatic nitrogens is 5. The Bertz CT molecular complexity index is 1380. The van der Waals surface area contributed by atoms with Crippen molar-refractivity contribution in [3.63, 3.8) is 0 Å². The number of fused-ring (bicyclic) bond motifs is 2. The molecule has 29 heavy (non-hydrogen) atoms. The first-order chi connectivity index (χ1) is 14.3. The second-order valence-corrected chi connectivity index (χ2v) is 6.85. The summed E-state index contributed by atoms with van der Waals surface area (Å²) in [6, 6.07) is 24.1. The number of nitrogens with zero attached hydrogens (tertiary/aromatic N) is 6. The third-order valence-corrected chi connectivity index (χ3v) is 4.86. The molecule has 0 fully saturated rings. The summed E-state index contributed by atoms with van der Waals surface area (Å²) in [5, 5.41) is 23.4. The third kappa shape index (κ3) is 3.30. The summed E-state index contributed by atoms with van der Waals surface area (Å²) in [7, 11) is 0. The molecule has 0 radical (unpaired) electrons. The van der Waals surface area contributed by atoms with E-state index in [0.717, 1.165) is 39.1 Å². The van der Waals surface area contributed by atoms with E-state index in [9.17, 15) is 0 Å².